The van der Waals surface area contributed by atoms with E-state index < -0.39 is 0 Å². The summed E-state index contributed by atoms with van der Waals surface area (Å²) in [6, 6.07) is 9.74. The number of nitrogen functional groups attached to an aromatic ring is 1. The van der Waals surface area contributed by atoms with Crippen LogP contribution in [0.4, 0.5) is 5.82 Å². The molecule has 3 aromatic rings. The summed E-state index contributed by atoms with van der Waals surface area (Å²) in [5.74, 6) is 1.10. The van der Waals surface area contributed by atoms with Crippen molar-refractivity contribution in [3.8, 4) is 17.1 Å². The van der Waals surface area contributed by atoms with Crippen molar-refractivity contribution in [2.75, 3.05) is 5.73 Å². The van der Waals surface area contributed by atoms with Gasteiger partial charge in [0.25, 0.3) is 0 Å². The lowest BCUT2D eigenvalue weighted by Gasteiger charge is -2.07. The number of benzene rings is 1. The number of rotatable bonds is 2. The van der Waals surface area contributed by atoms with Gasteiger partial charge in [-0.2, -0.15) is 4.68 Å². The van der Waals surface area contributed by atoms with Crippen LogP contribution in [-0.2, 0) is 0 Å². The maximum absolute atomic E-state index is 6.12. The third-order valence-corrected chi connectivity index (χ3v) is 3.05. The minimum Gasteiger partial charge on any atom is -0.463 e. The van der Waals surface area contributed by atoms with E-state index in [0.29, 0.717) is 17.3 Å². The molecule has 0 amide bonds. The number of hydrogen-bond donors (Lipinski definition) is 1. The van der Waals surface area contributed by atoms with Gasteiger partial charge in [-0.3, -0.25) is 0 Å². The molecule has 0 aliphatic heterocycles. The van der Waals surface area contributed by atoms with Crippen LogP contribution in [0.3, 0.4) is 0 Å². The molecule has 0 fully saturated rings. The highest BCUT2D eigenvalue weighted by Crippen LogP contribution is 2.26. The Morgan fingerprint density at radius 2 is 2.05 bits per heavy atom. The highest BCUT2D eigenvalue weighted by Gasteiger charge is 2.16. The zero-order valence-electron chi connectivity index (χ0n) is 10.8. The third kappa shape index (κ3) is 1.89. The Balaban J connectivity index is 2.15. The Morgan fingerprint density at radius 3 is 2.79 bits per heavy atom. The van der Waals surface area contributed by atoms with E-state index in [4.69, 9.17) is 10.2 Å². The maximum atomic E-state index is 6.12. The van der Waals surface area contributed by atoms with Crippen LogP contribution in [0.2, 0.25) is 0 Å². The van der Waals surface area contributed by atoms with E-state index in [1.54, 1.807) is 17.0 Å². The summed E-state index contributed by atoms with van der Waals surface area (Å²) in [6.07, 6.45) is 1.59. The smallest absolute Gasteiger partial charge is 0.172 e. The summed E-state index contributed by atoms with van der Waals surface area (Å²) >= 11 is 0. The number of nitrogens with two attached hydrogens (primary N) is 1. The minimum atomic E-state index is 0.476. The standard InChI is InChI=1S/C14H14N4O/c1-9-5-6-10(2)11(8-9)18-14(15)13(16-17-18)12-4-3-7-19-12/h3-8H,15H2,1-2H3. The predicted octanol–water partition coefficient (Wildman–Crippen LogP) is 2.73. The molecule has 2 aromatic heterocycles. The molecule has 5 nitrogen and oxygen atoms in total. The summed E-state index contributed by atoms with van der Waals surface area (Å²) in [6.45, 7) is 4.05. The van der Waals surface area contributed by atoms with Gasteiger partial charge in [-0.15, -0.1) is 5.10 Å². The SMILES string of the molecule is Cc1ccc(C)c(-n2nnc(-c3ccco3)c2N)c1. The van der Waals surface area contributed by atoms with Gasteiger partial charge in [0, 0.05) is 0 Å². The summed E-state index contributed by atoms with van der Waals surface area (Å²) in [7, 11) is 0. The first kappa shape index (κ1) is 11.5. The quantitative estimate of drug-likeness (QED) is 0.763. The molecule has 0 unspecified atom stereocenters. The fraction of sp³-hybridized carbons (Fsp3) is 0.143. The van der Waals surface area contributed by atoms with Gasteiger partial charge in [0.1, 0.15) is 0 Å². The molecule has 0 saturated heterocycles. The molecular weight excluding hydrogens is 240 g/mol. The van der Waals surface area contributed by atoms with Crippen LogP contribution in [0.25, 0.3) is 17.1 Å². The third-order valence-electron chi connectivity index (χ3n) is 3.05. The summed E-state index contributed by atoms with van der Waals surface area (Å²) in [5, 5.41) is 8.23. The largest absolute Gasteiger partial charge is 0.463 e. The highest BCUT2D eigenvalue weighted by atomic mass is 16.3. The van der Waals surface area contributed by atoms with Gasteiger partial charge < -0.3 is 10.2 Å². The topological polar surface area (TPSA) is 69.9 Å². The zero-order chi connectivity index (χ0) is 13.4. The summed E-state index contributed by atoms with van der Waals surface area (Å²) in [5.41, 5.74) is 9.86. The molecule has 2 heterocycles. The minimum absolute atomic E-state index is 0.476. The van der Waals surface area contributed by atoms with Crippen LogP contribution in [0.5, 0.6) is 0 Å². The predicted molar refractivity (Wildman–Crippen MR) is 72.9 cm³/mol. The van der Waals surface area contributed by atoms with Gasteiger partial charge in [0.15, 0.2) is 17.3 Å². The zero-order valence-corrected chi connectivity index (χ0v) is 10.8. The molecule has 0 aliphatic rings. The lowest BCUT2D eigenvalue weighted by Crippen LogP contribution is -2.04. The van der Waals surface area contributed by atoms with E-state index in [9.17, 15) is 0 Å². The normalized spacial score (nSPS) is 10.8. The van der Waals surface area contributed by atoms with Gasteiger partial charge in [-0.05, 0) is 43.2 Å². The van der Waals surface area contributed by atoms with E-state index in [-0.39, 0.29) is 0 Å². The molecule has 1 aromatic carbocycles. The first-order valence-corrected chi connectivity index (χ1v) is 5.99. The number of anilines is 1. The second-order valence-corrected chi connectivity index (χ2v) is 4.50. The van der Waals surface area contributed by atoms with Crippen molar-refractivity contribution < 1.29 is 4.42 Å². The number of aromatic nitrogens is 3. The molecule has 96 valence electrons. The maximum Gasteiger partial charge on any atom is 0.172 e. The molecule has 0 saturated carbocycles. The molecule has 0 aliphatic carbocycles. The second kappa shape index (κ2) is 4.28. The molecule has 2 N–H and O–H groups in total. The fourth-order valence-corrected chi connectivity index (χ4v) is 2.00. The molecular formula is C14H14N4O. The van der Waals surface area contributed by atoms with E-state index >= 15 is 0 Å². The number of nitrogens with zero attached hydrogens (tertiary/aromatic N) is 3. The monoisotopic (exact) mass is 254 g/mol. The summed E-state index contributed by atoms with van der Waals surface area (Å²) in [4.78, 5) is 0. The Kier molecular flexibility index (Phi) is 2.59. The summed E-state index contributed by atoms with van der Waals surface area (Å²) < 4.78 is 6.95. The van der Waals surface area contributed by atoms with Gasteiger partial charge >= 0.3 is 0 Å². The highest BCUT2D eigenvalue weighted by molar-refractivity contribution is 5.67. The first-order chi connectivity index (χ1) is 9.16. The van der Waals surface area contributed by atoms with E-state index in [2.05, 4.69) is 16.4 Å². The Hall–Kier alpha value is -2.56. The number of aryl methyl sites for hydroxylation is 2. The van der Waals surface area contributed by atoms with Gasteiger partial charge in [0.2, 0.25) is 0 Å². The number of hydrogen-bond acceptors (Lipinski definition) is 4. The van der Waals surface area contributed by atoms with Crippen LogP contribution in [0.1, 0.15) is 11.1 Å². The van der Waals surface area contributed by atoms with E-state index in [1.165, 1.54) is 0 Å². The Morgan fingerprint density at radius 1 is 1.21 bits per heavy atom. The van der Waals surface area contributed by atoms with Crippen molar-refractivity contribution in [1.29, 1.82) is 0 Å². The molecule has 3 rings (SSSR count). The van der Waals surface area contributed by atoms with Crippen LogP contribution in [-0.4, -0.2) is 15.0 Å². The molecule has 0 spiro atoms. The molecule has 0 radical (unpaired) electrons. The van der Waals surface area contributed by atoms with Crippen molar-refractivity contribution in [1.82, 2.24) is 15.0 Å². The van der Waals surface area contributed by atoms with Crippen LogP contribution in [0.15, 0.2) is 41.0 Å². The number of furan rings is 1. The lowest BCUT2D eigenvalue weighted by atomic mass is 10.1. The first-order valence-electron chi connectivity index (χ1n) is 5.99. The second-order valence-electron chi connectivity index (χ2n) is 4.50. The van der Waals surface area contributed by atoms with E-state index in [0.717, 1.165) is 16.8 Å². The van der Waals surface area contributed by atoms with Crippen molar-refractivity contribution >= 4 is 5.82 Å². The Labute approximate surface area is 110 Å². The molecule has 0 atom stereocenters. The fourth-order valence-electron chi connectivity index (χ4n) is 2.00. The lowest BCUT2D eigenvalue weighted by molar-refractivity contribution is 0.580. The van der Waals surface area contributed by atoms with Gasteiger partial charge in [-0.25, -0.2) is 0 Å². The van der Waals surface area contributed by atoms with Gasteiger partial charge in [0.05, 0.1) is 12.0 Å². The van der Waals surface area contributed by atoms with Crippen LogP contribution >= 0.6 is 0 Å². The molecule has 5 heteroatoms. The van der Waals surface area contributed by atoms with Crippen molar-refractivity contribution in [3.05, 3.63) is 47.7 Å². The average Bonchev–Trinajstić information content (AvgIpc) is 3.01. The van der Waals surface area contributed by atoms with Gasteiger partial charge in [-0.1, -0.05) is 17.3 Å². The van der Waals surface area contributed by atoms with E-state index in [1.807, 2.05) is 32.0 Å². The average molecular weight is 254 g/mol. The van der Waals surface area contributed by atoms with Crippen molar-refractivity contribution in [3.63, 3.8) is 0 Å². The molecule has 19 heavy (non-hydrogen) atoms. The van der Waals surface area contributed by atoms with Crippen molar-refractivity contribution in [2.45, 2.75) is 13.8 Å². The van der Waals surface area contributed by atoms with Crippen LogP contribution < -0.4 is 5.73 Å². The molecule has 0 bridgehead atoms. The van der Waals surface area contributed by atoms with Crippen molar-refractivity contribution in [2.24, 2.45) is 0 Å². The van der Waals surface area contributed by atoms with Crippen LogP contribution in [0, 0.1) is 13.8 Å². The Bertz CT molecular complexity index is 713.